The summed E-state index contributed by atoms with van der Waals surface area (Å²) in [5, 5.41) is 3.32. The van der Waals surface area contributed by atoms with Gasteiger partial charge in [0.05, 0.1) is 13.1 Å². The van der Waals surface area contributed by atoms with Crippen molar-refractivity contribution in [1.29, 1.82) is 0 Å². The molecule has 4 heterocycles. The molecular weight excluding hydrogens is 282 g/mol. The Kier molecular flexibility index (Phi) is 3.52. The van der Waals surface area contributed by atoms with Crippen LogP contribution in [0.5, 0.6) is 0 Å². The maximum absolute atomic E-state index is 4.44. The van der Waals surface area contributed by atoms with Crippen LogP contribution in [-0.2, 0) is 20.1 Å². The van der Waals surface area contributed by atoms with Gasteiger partial charge in [-0.3, -0.25) is 9.80 Å². The van der Waals surface area contributed by atoms with E-state index in [9.17, 15) is 0 Å². The van der Waals surface area contributed by atoms with Crippen LogP contribution in [0.25, 0.3) is 0 Å². The minimum atomic E-state index is 0.824. The van der Waals surface area contributed by atoms with E-state index in [4.69, 9.17) is 0 Å². The number of nitrogens with zero attached hydrogens (tertiary/aromatic N) is 5. The molecule has 2 atom stereocenters. The van der Waals surface area contributed by atoms with Crippen molar-refractivity contribution < 1.29 is 0 Å². The highest BCUT2D eigenvalue weighted by atomic mass is 32.1. The maximum atomic E-state index is 4.44. The predicted octanol–water partition coefficient (Wildman–Crippen LogP) is 1.44. The number of fused-ring (bicyclic) bond motifs is 1. The first-order valence-electron chi connectivity index (χ1n) is 7.57. The number of aryl methyl sites for hydroxylation is 1. The van der Waals surface area contributed by atoms with E-state index >= 15 is 0 Å². The molecule has 0 saturated carbocycles. The molecule has 21 heavy (non-hydrogen) atoms. The molecule has 0 amide bonds. The molecule has 6 heteroatoms. The summed E-state index contributed by atoms with van der Waals surface area (Å²) in [5.41, 5.74) is 0. The Balaban J connectivity index is 1.32. The number of thiazole rings is 1. The summed E-state index contributed by atoms with van der Waals surface area (Å²) < 4.78 is 2.13. The summed E-state index contributed by atoms with van der Waals surface area (Å²) in [6, 6.07) is 0. The summed E-state index contributed by atoms with van der Waals surface area (Å²) in [7, 11) is 2.08. The Bertz CT molecular complexity index is 579. The van der Waals surface area contributed by atoms with Crippen molar-refractivity contribution in [3.63, 3.8) is 0 Å². The molecule has 0 bridgehead atoms. The monoisotopic (exact) mass is 303 g/mol. The quantitative estimate of drug-likeness (QED) is 0.856. The molecule has 0 aromatic carbocycles. The van der Waals surface area contributed by atoms with Crippen molar-refractivity contribution >= 4 is 11.3 Å². The molecular formula is C15H21N5S. The van der Waals surface area contributed by atoms with Gasteiger partial charge < -0.3 is 4.57 Å². The van der Waals surface area contributed by atoms with E-state index in [1.165, 1.54) is 37.0 Å². The molecule has 0 N–H and O–H groups in total. The molecule has 0 unspecified atom stereocenters. The van der Waals surface area contributed by atoms with Gasteiger partial charge in [0.15, 0.2) is 0 Å². The molecule has 2 aromatic heterocycles. The van der Waals surface area contributed by atoms with Crippen LogP contribution in [0, 0.1) is 11.8 Å². The van der Waals surface area contributed by atoms with E-state index in [2.05, 4.69) is 36.8 Å². The lowest BCUT2D eigenvalue weighted by molar-refractivity contribution is 0.241. The van der Waals surface area contributed by atoms with Gasteiger partial charge in [0, 0.05) is 57.2 Å². The largest absolute Gasteiger partial charge is 0.337 e. The van der Waals surface area contributed by atoms with Gasteiger partial charge in [-0.05, 0) is 11.8 Å². The highest BCUT2D eigenvalue weighted by molar-refractivity contribution is 7.09. The molecule has 112 valence electrons. The van der Waals surface area contributed by atoms with Gasteiger partial charge in [-0.2, -0.15) is 0 Å². The van der Waals surface area contributed by atoms with Crippen molar-refractivity contribution in [3.8, 4) is 0 Å². The average Bonchev–Trinajstić information content (AvgIpc) is 3.18. The summed E-state index contributed by atoms with van der Waals surface area (Å²) >= 11 is 1.77. The third kappa shape index (κ3) is 2.75. The SMILES string of the molecule is Cn1ccnc1CN1C[C@H]2CN(Cc3nccs3)C[C@H]2C1. The lowest BCUT2D eigenvalue weighted by Crippen LogP contribution is -2.29. The first kappa shape index (κ1) is 13.4. The van der Waals surface area contributed by atoms with Crippen molar-refractivity contribution in [3.05, 3.63) is 34.8 Å². The minimum Gasteiger partial charge on any atom is -0.337 e. The van der Waals surface area contributed by atoms with Crippen molar-refractivity contribution in [2.75, 3.05) is 26.2 Å². The third-order valence-electron chi connectivity index (χ3n) is 4.77. The first-order chi connectivity index (χ1) is 10.3. The van der Waals surface area contributed by atoms with Crippen molar-refractivity contribution in [2.24, 2.45) is 18.9 Å². The second-order valence-electron chi connectivity index (χ2n) is 6.29. The molecule has 5 nitrogen and oxygen atoms in total. The topological polar surface area (TPSA) is 37.2 Å². The normalized spacial score (nSPS) is 26.5. The zero-order valence-corrected chi connectivity index (χ0v) is 13.2. The average molecular weight is 303 g/mol. The van der Waals surface area contributed by atoms with Gasteiger partial charge in [0.1, 0.15) is 10.8 Å². The maximum Gasteiger partial charge on any atom is 0.122 e. The van der Waals surface area contributed by atoms with Crippen LogP contribution in [0.15, 0.2) is 24.0 Å². The predicted molar refractivity (Wildman–Crippen MR) is 82.9 cm³/mol. The molecule has 2 fully saturated rings. The van der Waals surface area contributed by atoms with Gasteiger partial charge in [-0.1, -0.05) is 0 Å². The van der Waals surface area contributed by atoms with Crippen LogP contribution >= 0.6 is 11.3 Å². The van der Waals surface area contributed by atoms with Gasteiger partial charge in [-0.15, -0.1) is 11.3 Å². The summed E-state index contributed by atoms with van der Waals surface area (Å²) in [6.45, 7) is 6.90. The highest BCUT2D eigenvalue weighted by Gasteiger charge is 2.40. The lowest BCUT2D eigenvalue weighted by atomic mass is 10.0. The fraction of sp³-hybridized carbons (Fsp3) is 0.600. The van der Waals surface area contributed by atoms with Gasteiger partial charge in [0.25, 0.3) is 0 Å². The molecule has 2 saturated heterocycles. The molecule has 2 aliphatic rings. The molecule has 2 aliphatic heterocycles. The number of hydrogen-bond donors (Lipinski definition) is 0. The van der Waals surface area contributed by atoms with Gasteiger partial charge >= 0.3 is 0 Å². The molecule has 4 rings (SSSR count). The lowest BCUT2D eigenvalue weighted by Gasteiger charge is -2.20. The van der Waals surface area contributed by atoms with Crippen LogP contribution < -0.4 is 0 Å². The van der Waals surface area contributed by atoms with Crippen LogP contribution in [0.4, 0.5) is 0 Å². The van der Waals surface area contributed by atoms with E-state index in [1.807, 2.05) is 18.6 Å². The van der Waals surface area contributed by atoms with E-state index in [1.54, 1.807) is 11.3 Å². The first-order valence-corrected chi connectivity index (χ1v) is 8.45. The number of hydrogen-bond acceptors (Lipinski definition) is 5. The van der Waals surface area contributed by atoms with Crippen LogP contribution in [0.1, 0.15) is 10.8 Å². The summed E-state index contributed by atoms with van der Waals surface area (Å²) in [5.74, 6) is 2.82. The fourth-order valence-electron chi connectivity index (χ4n) is 3.72. The Hall–Kier alpha value is -1.24. The molecule has 2 aromatic rings. The molecule has 0 radical (unpaired) electrons. The van der Waals surface area contributed by atoms with Crippen LogP contribution in [0.3, 0.4) is 0 Å². The van der Waals surface area contributed by atoms with Gasteiger partial charge in [-0.25, -0.2) is 9.97 Å². The highest BCUT2D eigenvalue weighted by Crippen LogP contribution is 2.32. The third-order valence-corrected chi connectivity index (χ3v) is 5.53. The van der Waals surface area contributed by atoms with Crippen molar-refractivity contribution in [2.45, 2.75) is 13.1 Å². The second kappa shape index (κ2) is 5.51. The standard InChI is InChI=1S/C15H21N5S/c1-18-4-2-16-14(18)10-19-6-12-8-20(9-13(12)7-19)11-15-17-3-5-21-15/h2-5,12-13H,6-11H2,1H3/t12-,13+. The number of aromatic nitrogens is 3. The Morgan fingerprint density at radius 1 is 1.05 bits per heavy atom. The fourth-order valence-corrected chi connectivity index (χ4v) is 4.37. The zero-order valence-electron chi connectivity index (χ0n) is 12.4. The number of rotatable bonds is 4. The van der Waals surface area contributed by atoms with Gasteiger partial charge in [0.2, 0.25) is 0 Å². The smallest absolute Gasteiger partial charge is 0.122 e. The Morgan fingerprint density at radius 2 is 1.76 bits per heavy atom. The summed E-state index contributed by atoms with van der Waals surface area (Å²) in [4.78, 5) is 14.0. The zero-order chi connectivity index (χ0) is 14.2. The summed E-state index contributed by atoms with van der Waals surface area (Å²) in [6.07, 6.45) is 5.83. The van der Waals surface area contributed by atoms with Crippen molar-refractivity contribution in [1.82, 2.24) is 24.3 Å². The molecule has 0 spiro atoms. The Morgan fingerprint density at radius 3 is 2.33 bits per heavy atom. The van der Waals surface area contributed by atoms with E-state index in [0.717, 1.165) is 24.9 Å². The second-order valence-corrected chi connectivity index (χ2v) is 7.27. The minimum absolute atomic E-state index is 0.824. The Labute approximate surface area is 129 Å². The van der Waals surface area contributed by atoms with E-state index < -0.39 is 0 Å². The number of imidazole rings is 1. The van der Waals surface area contributed by atoms with E-state index in [0.29, 0.717) is 0 Å². The van der Waals surface area contributed by atoms with Crippen LogP contribution in [0.2, 0.25) is 0 Å². The molecule has 0 aliphatic carbocycles. The van der Waals surface area contributed by atoms with Crippen LogP contribution in [-0.4, -0.2) is 50.5 Å². The number of likely N-dealkylation sites (tertiary alicyclic amines) is 2. The van der Waals surface area contributed by atoms with E-state index in [-0.39, 0.29) is 0 Å².